The van der Waals surface area contributed by atoms with E-state index < -0.39 is 17.6 Å². The zero-order chi connectivity index (χ0) is 18.6. The number of carbonyl (C=O) groups excluding carboxylic acids is 2. The molecular weight excluding hydrogens is 337 g/mol. The van der Waals surface area contributed by atoms with E-state index in [0.717, 1.165) is 12.1 Å². The number of hydrogen-bond acceptors (Lipinski definition) is 3. The number of rotatable bonds is 5. The molecule has 0 aliphatic carbocycles. The second-order valence-corrected chi connectivity index (χ2v) is 5.91. The molecule has 0 atom stereocenters. The molecule has 0 aromatic heterocycles. The summed E-state index contributed by atoms with van der Waals surface area (Å²) in [5, 5.41) is 12.3. The van der Waals surface area contributed by atoms with Crippen molar-refractivity contribution in [3.63, 3.8) is 0 Å². The molecule has 0 radical (unpaired) electrons. The van der Waals surface area contributed by atoms with Crippen LogP contribution in [0.4, 0.5) is 13.2 Å². The number of benzene rings is 1. The summed E-state index contributed by atoms with van der Waals surface area (Å²) in [6.07, 6.45) is -3.74. The minimum Gasteiger partial charge on any atom is -0.511 e. The Kier molecular flexibility index (Phi) is 5.71. The lowest BCUT2D eigenvalue weighted by Gasteiger charge is -2.24. The lowest BCUT2D eigenvalue weighted by Crippen LogP contribution is -2.39. The maximum absolute atomic E-state index is 12.7. The second-order valence-electron chi connectivity index (χ2n) is 5.91. The normalized spacial score (nSPS) is 15.5. The van der Waals surface area contributed by atoms with Crippen LogP contribution in [0.15, 0.2) is 35.6 Å². The number of halogens is 3. The minimum atomic E-state index is -4.38. The summed E-state index contributed by atoms with van der Waals surface area (Å²) < 4.78 is 38.0. The monoisotopic (exact) mass is 356 g/mol. The van der Waals surface area contributed by atoms with Crippen LogP contribution in [-0.2, 0) is 22.2 Å². The van der Waals surface area contributed by atoms with E-state index in [2.05, 4.69) is 5.32 Å². The number of aryl methyl sites for hydroxylation is 1. The first-order valence-corrected chi connectivity index (χ1v) is 7.77. The van der Waals surface area contributed by atoms with Gasteiger partial charge in [0.2, 0.25) is 5.91 Å². The number of amides is 2. The van der Waals surface area contributed by atoms with Crippen molar-refractivity contribution in [1.82, 2.24) is 10.2 Å². The van der Waals surface area contributed by atoms with Gasteiger partial charge in [-0.25, -0.2) is 0 Å². The average Bonchev–Trinajstić information content (AvgIpc) is 2.54. The number of alkyl halides is 3. The first-order chi connectivity index (χ1) is 11.7. The van der Waals surface area contributed by atoms with Gasteiger partial charge in [0.1, 0.15) is 5.76 Å². The zero-order valence-electron chi connectivity index (χ0n) is 13.7. The van der Waals surface area contributed by atoms with Gasteiger partial charge in [-0.3, -0.25) is 9.59 Å². The van der Waals surface area contributed by atoms with Crippen molar-refractivity contribution in [2.75, 3.05) is 20.1 Å². The number of hydrogen-bond donors (Lipinski definition) is 2. The van der Waals surface area contributed by atoms with Crippen LogP contribution in [0.3, 0.4) is 0 Å². The van der Waals surface area contributed by atoms with Crippen LogP contribution in [0.2, 0.25) is 0 Å². The number of likely N-dealkylation sites (N-methyl/N-ethyl adjacent to an activating group) is 1. The van der Waals surface area contributed by atoms with Crippen LogP contribution in [0.1, 0.15) is 24.0 Å². The van der Waals surface area contributed by atoms with Crippen LogP contribution < -0.4 is 5.32 Å². The molecule has 5 nitrogen and oxygen atoms in total. The average molecular weight is 356 g/mol. The topological polar surface area (TPSA) is 69.6 Å². The molecule has 0 spiro atoms. The molecule has 0 saturated heterocycles. The van der Waals surface area contributed by atoms with Crippen molar-refractivity contribution < 1.29 is 27.9 Å². The molecule has 0 saturated carbocycles. The van der Waals surface area contributed by atoms with Gasteiger partial charge in [-0.05, 0) is 24.5 Å². The fourth-order valence-corrected chi connectivity index (χ4v) is 2.51. The highest BCUT2D eigenvalue weighted by Gasteiger charge is 2.30. The zero-order valence-corrected chi connectivity index (χ0v) is 13.7. The van der Waals surface area contributed by atoms with E-state index in [1.54, 1.807) is 6.07 Å². The first-order valence-electron chi connectivity index (χ1n) is 7.77. The molecule has 1 aromatic carbocycles. The summed E-state index contributed by atoms with van der Waals surface area (Å²) in [6.45, 7) is 0.285. The molecule has 2 N–H and O–H groups in total. The standard InChI is InChI=1S/C17H19F3N2O3/c1-22-10-13(14(23)9-15(22)24)16(25)21-7-3-5-11-4-2-6-12(8-11)17(18,19)20/h2,4,6,8,23H,3,5,7,9-10H2,1H3,(H,21,25). The van der Waals surface area contributed by atoms with Crippen LogP contribution in [-0.4, -0.2) is 42.0 Å². The van der Waals surface area contributed by atoms with Crippen LogP contribution >= 0.6 is 0 Å². The van der Waals surface area contributed by atoms with Gasteiger partial charge in [0.05, 0.1) is 24.1 Å². The molecule has 0 fully saturated rings. The fourth-order valence-electron chi connectivity index (χ4n) is 2.51. The summed E-state index contributed by atoms with van der Waals surface area (Å²) in [4.78, 5) is 24.8. The van der Waals surface area contributed by atoms with Gasteiger partial charge in [-0.15, -0.1) is 0 Å². The van der Waals surface area contributed by atoms with E-state index in [1.165, 1.54) is 18.0 Å². The Labute approximate surface area is 143 Å². The van der Waals surface area contributed by atoms with Gasteiger partial charge in [0, 0.05) is 13.6 Å². The number of aliphatic hydroxyl groups excluding tert-OH is 1. The maximum atomic E-state index is 12.7. The highest BCUT2D eigenvalue weighted by atomic mass is 19.4. The number of nitrogens with zero attached hydrogens (tertiary/aromatic N) is 1. The number of carbonyl (C=O) groups is 2. The van der Waals surface area contributed by atoms with Crippen molar-refractivity contribution >= 4 is 11.8 Å². The van der Waals surface area contributed by atoms with E-state index in [1.807, 2.05) is 0 Å². The third-order valence-electron chi connectivity index (χ3n) is 3.94. The number of aliphatic hydroxyl groups is 1. The molecule has 8 heteroatoms. The SMILES string of the molecule is CN1CC(C(=O)NCCCc2cccc(C(F)(F)F)c2)=C(O)CC1=O. The molecule has 1 aliphatic heterocycles. The molecule has 0 bridgehead atoms. The van der Waals surface area contributed by atoms with Gasteiger partial charge in [-0.1, -0.05) is 18.2 Å². The van der Waals surface area contributed by atoms with Gasteiger partial charge in [0.15, 0.2) is 0 Å². The van der Waals surface area contributed by atoms with Crippen molar-refractivity contribution in [3.05, 3.63) is 46.7 Å². The van der Waals surface area contributed by atoms with E-state index in [9.17, 15) is 27.9 Å². The summed E-state index contributed by atoms with van der Waals surface area (Å²) in [6, 6.07) is 5.07. The Bertz CT molecular complexity index is 699. The van der Waals surface area contributed by atoms with E-state index in [0.29, 0.717) is 18.4 Å². The fraction of sp³-hybridized carbons (Fsp3) is 0.412. The van der Waals surface area contributed by atoms with Gasteiger partial charge in [0.25, 0.3) is 5.91 Å². The molecule has 1 aliphatic rings. The highest BCUT2D eigenvalue weighted by Crippen LogP contribution is 2.29. The maximum Gasteiger partial charge on any atom is 0.416 e. The van der Waals surface area contributed by atoms with E-state index in [-0.39, 0.29) is 36.7 Å². The molecule has 136 valence electrons. The van der Waals surface area contributed by atoms with E-state index in [4.69, 9.17) is 0 Å². The largest absolute Gasteiger partial charge is 0.511 e. The highest BCUT2D eigenvalue weighted by molar-refractivity contribution is 5.97. The summed E-state index contributed by atoms with van der Waals surface area (Å²) >= 11 is 0. The Balaban J connectivity index is 1.84. The van der Waals surface area contributed by atoms with Gasteiger partial charge in [-0.2, -0.15) is 13.2 Å². The molecule has 1 heterocycles. The van der Waals surface area contributed by atoms with Gasteiger partial charge >= 0.3 is 6.18 Å². The smallest absolute Gasteiger partial charge is 0.416 e. The van der Waals surface area contributed by atoms with Crippen LogP contribution in [0, 0.1) is 0 Å². The lowest BCUT2D eigenvalue weighted by atomic mass is 10.1. The molecule has 0 unspecified atom stereocenters. The predicted octanol–water partition coefficient (Wildman–Crippen LogP) is 2.43. The molecule has 2 amide bonds. The van der Waals surface area contributed by atoms with Crippen LogP contribution in [0.5, 0.6) is 0 Å². The number of nitrogens with one attached hydrogen (secondary N) is 1. The Morgan fingerprint density at radius 1 is 1.36 bits per heavy atom. The third kappa shape index (κ3) is 4.98. The Morgan fingerprint density at radius 3 is 2.76 bits per heavy atom. The lowest BCUT2D eigenvalue weighted by molar-refractivity contribution is -0.137. The van der Waals surface area contributed by atoms with Crippen molar-refractivity contribution in [2.45, 2.75) is 25.4 Å². The first kappa shape index (κ1) is 18.8. The molecule has 1 aromatic rings. The molecule has 25 heavy (non-hydrogen) atoms. The Morgan fingerprint density at radius 2 is 2.08 bits per heavy atom. The van der Waals surface area contributed by atoms with Gasteiger partial charge < -0.3 is 15.3 Å². The second kappa shape index (κ2) is 7.58. The van der Waals surface area contributed by atoms with Crippen molar-refractivity contribution in [3.8, 4) is 0 Å². The van der Waals surface area contributed by atoms with E-state index >= 15 is 0 Å². The molecule has 2 rings (SSSR count). The summed E-state index contributed by atoms with van der Waals surface area (Å²) in [5.41, 5.74) is -0.0191. The van der Waals surface area contributed by atoms with Crippen molar-refractivity contribution in [1.29, 1.82) is 0 Å². The van der Waals surface area contributed by atoms with Crippen LogP contribution in [0.25, 0.3) is 0 Å². The summed E-state index contributed by atoms with van der Waals surface area (Å²) in [5.74, 6) is -0.974. The van der Waals surface area contributed by atoms with Crippen molar-refractivity contribution in [2.24, 2.45) is 0 Å². The minimum absolute atomic E-state index is 0.0319. The predicted molar refractivity (Wildman–Crippen MR) is 84.7 cm³/mol. The molecular formula is C17H19F3N2O3. The quantitative estimate of drug-likeness (QED) is 0.796. The summed E-state index contributed by atoms with van der Waals surface area (Å²) in [7, 11) is 1.54. The Hall–Kier alpha value is -2.51. The third-order valence-corrected chi connectivity index (χ3v) is 3.94.